The van der Waals surface area contributed by atoms with Crippen LogP contribution >= 0.6 is 0 Å². The number of amides is 2. The molecule has 0 unspecified atom stereocenters. The second-order valence-corrected chi connectivity index (χ2v) is 5.36. The molecule has 1 fully saturated rings. The Morgan fingerprint density at radius 3 is 2.57 bits per heavy atom. The van der Waals surface area contributed by atoms with Crippen LogP contribution in [0, 0.1) is 5.92 Å². The summed E-state index contributed by atoms with van der Waals surface area (Å²) in [6, 6.07) is 7.03. The number of benzene rings is 1. The summed E-state index contributed by atoms with van der Waals surface area (Å²) in [6.45, 7) is -1.27. The number of hydrogen-bond donors (Lipinski definition) is 1. The highest BCUT2D eigenvalue weighted by Crippen LogP contribution is 2.24. The molecule has 1 N–H and O–H groups in total. The lowest BCUT2D eigenvalue weighted by Crippen LogP contribution is -2.37. The summed E-state index contributed by atoms with van der Waals surface area (Å²) < 4.78 is 42.0. The first-order valence-electron chi connectivity index (χ1n) is 7.03. The van der Waals surface area contributed by atoms with Crippen molar-refractivity contribution in [2.75, 3.05) is 20.2 Å². The van der Waals surface area contributed by atoms with E-state index in [1.165, 1.54) is 0 Å². The summed E-state index contributed by atoms with van der Waals surface area (Å²) in [5.74, 6) is -1.13. The molecule has 0 spiro atoms. The largest absolute Gasteiger partial charge is 0.497 e. The number of rotatable bonds is 5. The van der Waals surface area contributed by atoms with Gasteiger partial charge >= 0.3 is 6.18 Å². The smallest absolute Gasteiger partial charge is 0.406 e. The van der Waals surface area contributed by atoms with Crippen molar-refractivity contribution >= 4 is 11.8 Å². The van der Waals surface area contributed by atoms with Crippen LogP contribution in [0.1, 0.15) is 12.0 Å². The van der Waals surface area contributed by atoms with Gasteiger partial charge in [0.1, 0.15) is 12.3 Å². The molecular weight excluding hydrogens is 313 g/mol. The van der Waals surface area contributed by atoms with Gasteiger partial charge in [-0.25, -0.2) is 0 Å². The summed E-state index contributed by atoms with van der Waals surface area (Å²) in [5.41, 5.74) is 0.829. The topological polar surface area (TPSA) is 58.6 Å². The van der Waals surface area contributed by atoms with Crippen LogP contribution in [0.25, 0.3) is 0 Å². The van der Waals surface area contributed by atoms with Crippen LogP contribution < -0.4 is 10.1 Å². The van der Waals surface area contributed by atoms with Gasteiger partial charge in [0, 0.05) is 19.5 Å². The van der Waals surface area contributed by atoms with Crippen molar-refractivity contribution in [2.24, 2.45) is 5.92 Å². The number of nitrogens with one attached hydrogen (secondary N) is 1. The van der Waals surface area contributed by atoms with Crippen molar-refractivity contribution < 1.29 is 27.5 Å². The molecule has 0 saturated carbocycles. The number of ether oxygens (including phenoxy) is 1. The Balaban J connectivity index is 1.85. The lowest BCUT2D eigenvalue weighted by atomic mass is 10.1. The first kappa shape index (κ1) is 17.1. The van der Waals surface area contributed by atoms with Gasteiger partial charge < -0.3 is 15.0 Å². The number of nitrogens with zero attached hydrogens (tertiary/aromatic N) is 1. The van der Waals surface area contributed by atoms with E-state index in [-0.39, 0.29) is 19.5 Å². The molecule has 126 valence electrons. The highest BCUT2D eigenvalue weighted by molar-refractivity contribution is 5.89. The van der Waals surface area contributed by atoms with Gasteiger partial charge in [-0.3, -0.25) is 9.59 Å². The van der Waals surface area contributed by atoms with Crippen molar-refractivity contribution in [1.82, 2.24) is 10.2 Å². The average Bonchev–Trinajstić information content (AvgIpc) is 2.84. The number of carbonyl (C=O) groups is 2. The van der Waals surface area contributed by atoms with Gasteiger partial charge in [-0.1, -0.05) is 12.1 Å². The summed E-state index contributed by atoms with van der Waals surface area (Å²) >= 11 is 0. The summed E-state index contributed by atoms with van der Waals surface area (Å²) in [7, 11) is 1.54. The number of halogens is 3. The van der Waals surface area contributed by atoms with E-state index in [0.717, 1.165) is 5.56 Å². The maximum Gasteiger partial charge on any atom is 0.406 e. The minimum Gasteiger partial charge on any atom is -0.497 e. The van der Waals surface area contributed by atoms with E-state index in [1.807, 2.05) is 0 Å². The molecule has 2 amide bonds. The molecule has 1 saturated heterocycles. The lowest BCUT2D eigenvalue weighted by molar-refractivity contribution is -0.157. The maximum atomic E-state index is 12.3. The third kappa shape index (κ3) is 4.87. The van der Waals surface area contributed by atoms with E-state index < -0.39 is 30.5 Å². The SMILES string of the molecule is COc1ccc(CNC(=O)[C@@H]2CC(=O)N(CC(F)(F)F)C2)cc1. The summed E-state index contributed by atoms with van der Waals surface area (Å²) in [5, 5.41) is 2.64. The first-order chi connectivity index (χ1) is 10.8. The van der Waals surface area contributed by atoms with Crippen molar-refractivity contribution in [3.05, 3.63) is 29.8 Å². The molecule has 2 rings (SSSR count). The van der Waals surface area contributed by atoms with Crippen LogP contribution in [0.3, 0.4) is 0 Å². The molecule has 0 aliphatic carbocycles. The molecule has 0 aromatic heterocycles. The van der Waals surface area contributed by atoms with Gasteiger partial charge in [-0.15, -0.1) is 0 Å². The number of hydrogen-bond acceptors (Lipinski definition) is 3. The second kappa shape index (κ2) is 6.89. The standard InChI is InChI=1S/C15H17F3N2O3/c1-23-12-4-2-10(3-5-12)7-19-14(22)11-6-13(21)20(8-11)9-15(16,17)18/h2-5,11H,6-9H2,1H3,(H,19,22)/t11-/m1/s1. The van der Waals surface area contributed by atoms with Crippen LogP contribution in [0.15, 0.2) is 24.3 Å². The van der Waals surface area contributed by atoms with Crippen LogP contribution in [-0.2, 0) is 16.1 Å². The molecule has 0 bridgehead atoms. The molecule has 23 heavy (non-hydrogen) atoms. The van der Waals surface area contributed by atoms with Crippen molar-refractivity contribution in [2.45, 2.75) is 19.1 Å². The molecule has 1 aliphatic rings. The van der Waals surface area contributed by atoms with Gasteiger partial charge in [0.2, 0.25) is 11.8 Å². The Kier molecular flexibility index (Phi) is 5.12. The molecule has 5 nitrogen and oxygen atoms in total. The van der Waals surface area contributed by atoms with E-state index in [4.69, 9.17) is 4.74 Å². The molecule has 1 heterocycles. The Hall–Kier alpha value is -2.25. The average molecular weight is 330 g/mol. The van der Waals surface area contributed by atoms with Gasteiger partial charge in [0.25, 0.3) is 0 Å². The van der Waals surface area contributed by atoms with Crippen molar-refractivity contribution in [3.8, 4) is 5.75 Å². The predicted octanol–water partition coefficient (Wildman–Crippen LogP) is 1.72. The Morgan fingerprint density at radius 2 is 2.00 bits per heavy atom. The zero-order chi connectivity index (χ0) is 17.0. The summed E-state index contributed by atoms with van der Waals surface area (Å²) in [4.78, 5) is 24.2. The minimum absolute atomic E-state index is 0.190. The molecule has 8 heteroatoms. The Morgan fingerprint density at radius 1 is 1.35 bits per heavy atom. The normalized spacial score (nSPS) is 18.2. The Labute approximate surface area is 131 Å². The van der Waals surface area contributed by atoms with Crippen LogP contribution in [0.5, 0.6) is 5.75 Å². The van der Waals surface area contributed by atoms with E-state index in [0.29, 0.717) is 10.6 Å². The van der Waals surface area contributed by atoms with Gasteiger partial charge in [-0.05, 0) is 17.7 Å². The number of alkyl halides is 3. The van der Waals surface area contributed by atoms with Gasteiger partial charge in [0.05, 0.1) is 13.0 Å². The molecule has 0 radical (unpaired) electrons. The van der Waals surface area contributed by atoms with Crippen molar-refractivity contribution in [3.63, 3.8) is 0 Å². The molecule has 1 aromatic rings. The maximum absolute atomic E-state index is 12.3. The van der Waals surface area contributed by atoms with Gasteiger partial charge in [-0.2, -0.15) is 13.2 Å². The van der Waals surface area contributed by atoms with Crippen LogP contribution in [0.2, 0.25) is 0 Å². The second-order valence-electron chi connectivity index (χ2n) is 5.36. The van der Waals surface area contributed by atoms with Crippen LogP contribution in [0.4, 0.5) is 13.2 Å². The fraction of sp³-hybridized carbons (Fsp3) is 0.467. The van der Waals surface area contributed by atoms with E-state index in [1.54, 1.807) is 31.4 Å². The quantitative estimate of drug-likeness (QED) is 0.894. The molecule has 1 atom stereocenters. The van der Waals surface area contributed by atoms with E-state index in [9.17, 15) is 22.8 Å². The van der Waals surface area contributed by atoms with Gasteiger partial charge in [0.15, 0.2) is 0 Å². The minimum atomic E-state index is -4.45. The van der Waals surface area contributed by atoms with Crippen LogP contribution in [-0.4, -0.2) is 43.1 Å². The highest BCUT2D eigenvalue weighted by atomic mass is 19.4. The Bertz CT molecular complexity index is 572. The predicted molar refractivity (Wildman–Crippen MR) is 75.6 cm³/mol. The summed E-state index contributed by atoms with van der Waals surface area (Å²) in [6.07, 6.45) is -4.64. The zero-order valence-corrected chi connectivity index (χ0v) is 12.5. The zero-order valence-electron chi connectivity index (χ0n) is 12.5. The first-order valence-corrected chi connectivity index (χ1v) is 7.03. The molecule has 1 aliphatic heterocycles. The molecule has 1 aromatic carbocycles. The third-order valence-corrected chi connectivity index (χ3v) is 3.58. The third-order valence-electron chi connectivity index (χ3n) is 3.58. The fourth-order valence-corrected chi connectivity index (χ4v) is 2.39. The lowest BCUT2D eigenvalue weighted by Gasteiger charge is -2.18. The molecular formula is C15H17F3N2O3. The number of methoxy groups -OCH3 is 1. The number of carbonyl (C=O) groups excluding carboxylic acids is 2. The fourth-order valence-electron chi connectivity index (χ4n) is 2.39. The monoisotopic (exact) mass is 330 g/mol. The van der Waals surface area contributed by atoms with Crippen molar-refractivity contribution in [1.29, 1.82) is 0 Å². The number of likely N-dealkylation sites (tertiary alicyclic amines) is 1. The van der Waals surface area contributed by atoms with E-state index in [2.05, 4.69) is 5.32 Å². The highest BCUT2D eigenvalue weighted by Gasteiger charge is 2.40. The van der Waals surface area contributed by atoms with E-state index >= 15 is 0 Å².